The van der Waals surface area contributed by atoms with Crippen molar-refractivity contribution >= 4 is 69.8 Å². The van der Waals surface area contributed by atoms with E-state index in [9.17, 15) is 43.5 Å². The number of unbranched alkanes of at least 4 members (excludes halogenated alkanes) is 1. The fraction of sp³-hybridized carbons (Fsp3) is 0.431. The first-order valence-corrected chi connectivity index (χ1v) is 25.1. The molecular weight excluding hydrogens is 1040 g/mol. The number of aliphatic hydroxyl groups excluding tert-OH is 1. The van der Waals surface area contributed by atoms with Gasteiger partial charge in [-0.2, -0.15) is 30.3 Å². The van der Waals surface area contributed by atoms with Crippen molar-refractivity contribution in [3.63, 3.8) is 0 Å². The van der Waals surface area contributed by atoms with Crippen LogP contribution >= 0.6 is 0 Å². The van der Waals surface area contributed by atoms with E-state index in [-0.39, 0.29) is 42.9 Å². The Morgan fingerprint density at radius 3 is 2.01 bits per heavy atom. The number of aromatic nitrogens is 1. The molecule has 26 heteroatoms. The van der Waals surface area contributed by atoms with Gasteiger partial charge in [0.05, 0.1) is 31.2 Å². The Morgan fingerprint density at radius 1 is 0.792 bits per heavy atom. The minimum Gasteiger partial charge on any atom is -0.394 e. The number of rotatable bonds is 27. The van der Waals surface area contributed by atoms with Crippen molar-refractivity contribution in [1.29, 1.82) is 0 Å². The van der Waals surface area contributed by atoms with Crippen molar-refractivity contribution in [2.75, 3.05) is 24.7 Å². The maximum Gasteiger partial charge on any atom is 2.00 e. The SMILES string of the molecule is CC[C@H](C)[C@H](NC(=O)[C@H](CC(N)=O)NC(=O)[C@H](CC(N)=O)NC(=O)[C@@H](N)CCCCN)C(=O)N1CC(C2=CN(c3ccc[cH-]3)NN2)C[C@H]1C(=O)N[C@@H](Cc1c[nH]c2ccccc12)C(=O)N[C@@H](CO)C(N)=O.[Fe+2].c1cc[cH-]c1. The summed E-state index contributed by atoms with van der Waals surface area (Å²) in [5, 5.41) is 24.9. The number of hydrogen-bond donors (Lipinski definition) is 14. The molecular formula is C51H71FeN15O10. The quantitative estimate of drug-likeness (QED) is 0.0168. The van der Waals surface area contributed by atoms with Gasteiger partial charge in [0, 0.05) is 42.2 Å². The van der Waals surface area contributed by atoms with Crippen LogP contribution < -0.4 is 71.2 Å². The molecule has 3 aromatic carbocycles. The van der Waals surface area contributed by atoms with E-state index in [1.54, 1.807) is 37.3 Å². The average molecular weight is 1110 g/mol. The zero-order valence-electron chi connectivity index (χ0n) is 42.9. The third kappa shape index (κ3) is 17.7. The van der Waals surface area contributed by atoms with Crippen molar-refractivity contribution in [2.45, 2.75) is 108 Å². The van der Waals surface area contributed by atoms with E-state index in [2.05, 4.69) is 42.5 Å². The molecule has 0 saturated carbocycles. The van der Waals surface area contributed by atoms with E-state index in [1.165, 1.54) is 4.90 Å². The first kappa shape index (κ1) is 61.9. The van der Waals surface area contributed by atoms with Gasteiger partial charge in [-0.25, -0.2) is 18.2 Å². The Balaban J connectivity index is 0.00000201. The fourth-order valence-corrected chi connectivity index (χ4v) is 8.68. The third-order valence-electron chi connectivity index (χ3n) is 13.1. The van der Waals surface area contributed by atoms with E-state index >= 15 is 4.79 Å². The largest absolute Gasteiger partial charge is 2.00 e. The van der Waals surface area contributed by atoms with Gasteiger partial charge in [-0.3, -0.25) is 48.2 Å². The van der Waals surface area contributed by atoms with Crippen LogP contribution in [0, 0.1) is 11.8 Å². The number of anilines is 1. The normalized spacial score (nSPS) is 17.5. The van der Waals surface area contributed by atoms with E-state index in [0.29, 0.717) is 37.1 Å². The molecule has 9 amide bonds. The summed E-state index contributed by atoms with van der Waals surface area (Å²) in [6, 6.07) is 14.7. The molecule has 0 bridgehead atoms. The van der Waals surface area contributed by atoms with E-state index < -0.39 is 127 Å². The Hall–Kier alpha value is -7.61. The molecule has 0 spiro atoms. The molecule has 77 heavy (non-hydrogen) atoms. The second-order valence-corrected chi connectivity index (χ2v) is 18.7. The number of aromatic amines is 1. The minimum atomic E-state index is -1.73. The molecule has 3 heterocycles. The van der Waals surface area contributed by atoms with Gasteiger partial charge in [0.1, 0.15) is 36.3 Å². The van der Waals surface area contributed by atoms with Crippen LogP contribution in [0.3, 0.4) is 0 Å². The number of nitrogens with zero attached hydrogens (tertiary/aromatic N) is 2. The second-order valence-electron chi connectivity index (χ2n) is 18.7. The molecule has 0 radical (unpaired) electrons. The predicted octanol–water partition coefficient (Wildman–Crippen LogP) is -2.43. The summed E-state index contributed by atoms with van der Waals surface area (Å²) in [4.78, 5) is 126. The summed E-state index contributed by atoms with van der Waals surface area (Å²) in [6.07, 6.45) is 3.49. The molecule has 2 aliphatic heterocycles. The Kier molecular flexibility index (Phi) is 24.3. The average Bonchev–Trinajstić information content (AvgIpc) is 4.26. The number of fused-ring (bicyclic) bond motifs is 1. The monoisotopic (exact) mass is 1110 g/mol. The number of carbonyl (C=O) groups is 9. The maximum atomic E-state index is 15.1. The Morgan fingerprint density at radius 2 is 1.43 bits per heavy atom. The third-order valence-corrected chi connectivity index (χ3v) is 13.1. The molecule has 9 atom stereocenters. The molecule has 1 aromatic heterocycles. The van der Waals surface area contributed by atoms with Gasteiger partial charge >= 0.3 is 17.1 Å². The molecule has 2 aliphatic rings. The number of benzene rings is 1. The van der Waals surface area contributed by atoms with Gasteiger partial charge in [0.15, 0.2) is 0 Å². The van der Waals surface area contributed by atoms with Crippen molar-refractivity contribution in [2.24, 2.45) is 40.5 Å². The van der Waals surface area contributed by atoms with Crippen LogP contribution in [0.1, 0.15) is 64.4 Å². The topological polar surface area (TPSA) is 410 Å². The molecule has 6 rings (SSSR count). The number of hydrazine groups is 2. The van der Waals surface area contributed by atoms with Crippen molar-refractivity contribution in [3.05, 3.63) is 103 Å². The maximum absolute atomic E-state index is 15.1. The van der Waals surface area contributed by atoms with Gasteiger partial charge in [-0.1, -0.05) is 50.6 Å². The van der Waals surface area contributed by atoms with E-state index in [4.69, 9.17) is 28.7 Å². The van der Waals surface area contributed by atoms with Crippen molar-refractivity contribution < 1.29 is 65.3 Å². The second kappa shape index (κ2) is 30.2. The number of aliphatic hydroxyl groups is 1. The predicted molar refractivity (Wildman–Crippen MR) is 280 cm³/mol. The summed E-state index contributed by atoms with van der Waals surface area (Å²) in [5.74, 6) is -9.43. The van der Waals surface area contributed by atoms with Gasteiger partial charge in [-0.05, 0) is 43.4 Å². The van der Waals surface area contributed by atoms with Crippen LogP contribution in [-0.4, -0.2) is 130 Å². The van der Waals surface area contributed by atoms with Gasteiger partial charge in [0.25, 0.3) is 0 Å². The van der Waals surface area contributed by atoms with Crippen LogP contribution in [0.15, 0.2) is 97.0 Å². The smallest absolute Gasteiger partial charge is 0.394 e. The number of nitrogens with one attached hydrogen (secondary N) is 8. The van der Waals surface area contributed by atoms with E-state index in [1.807, 2.05) is 72.8 Å². The van der Waals surface area contributed by atoms with Crippen molar-refractivity contribution in [1.82, 2.24) is 47.4 Å². The molecule has 0 aliphatic carbocycles. The van der Waals surface area contributed by atoms with E-state index in [0.717, 1.165) is 16.6 Å². The molecule has 1 fully saturated rings. The summed E-state index contributed by atoms with van der Waals surface area (Å²) in [5.41, 5.74) is 36.8. The van der Waals surface area contributed by atoms with Crippen molar-refractivity contribution in [3.8, 4) is 0 Å². The Bertz CT molecular complexity index is 2630. The number of hydrogen-bond acceptors (Lipinski definition) is 15. The zero-order valence-corrected chi connectivity index (χ0v) is 44.0. The summed E-state index contributed by atoms with van der Waals surface area (Å²) in [7, 11) is 0. The number of nitrogens with two attached hydrogens (primary N) is 5. The molecule has 25 nitrogen and oxygen atoms in total. The number of H-pyrrole nitrogens is 1. The minimum absolute atomic E-state index is 0. The summed E-state index contributed by atoms with van der Waals surface area (Å²) in [6.45, 7) is 2.90. The van der Waals surface area contributed by atoms with Crippen LogP contribution in [0.4, 0.5) is 5.69 Å². The van der Waals surface area contributed by atoms with Crippen LogP contribution in [0.5, 0.6) is 0 Å². The molecule has 418 valence electrons. The standard InChI is InChI=1S/C46H66N15O10.C5H5.Fe/c1-3-24(2)39(57-44(69)33(19-38(50)64)54-43(68)32(18-37(49)63)53-41(66)29(48)13-8-9-15-47)46(71)60-21-26(34-22-61(59-58-34)27-10-4-5-11-27)17-36(60)45(70)55-31(42(67)56-35(23-62)40(51)65)16-25-20-52-30-14-7-6-12-28(25)30;1-2-4-5-3-1;/h4-7,10-12,14,20,22,24,26,29,31-33,35-36,39,52,58-59,62H,3,8-9,13,15-19,21,23,47-48H2,1-2H3,(H2,49,63)(H2,50,64)(H2,51,65)(H,53,66)(H,54,68)(H,55,70)(H,56,67)(H,57,69);1-5H;/q2*-1;+2/t24-,26?,29-,31-,32-,33-,35-,36-,39-;;/m0../s1. The number of carbonyl (C=O) groups excluding carboxylic acids is 9. The molecule has 4 aromatic rings. The molecule has 19 N–H and O–H groups in total. The Labute approximate surface area is 456 Å². The van der Waals surface area contributed by atoms with Gasteiger partial charge in [0.2, 0.25) is 53.2 Å². The van der Waals surface area contributed by atoms with Crippen LogP contribution in [0.2, 0.25) is 0 Å². The van der Waals surface area contributed by atoms with Crippen LogP contribution in [-0.2, 0) is 66.6 Å². The molecule has 1 saturated heterocycles. The number of likely N-dealkylation sites (tertiary alicyclic amines) is 1. The number of para-hydroxylation sites is 1. The summed E-state index contributed by atoms with van der Waals surface area (Å²) < 4.78 is 0. The molecule has 1 unspecified atom stereocenters. The summed E-state index contributed by atoms with van der Waals surface area (Å²) >= 11 is 0. The van der Waals surface area contributed by atoms with Gasteiger partial charge in [-0.15, -0.1) is 11.6 Å². The van der Waals surface area contributed by atoms with Crippen LogP contribution in [0.25, 0.3) is 10.9 Å². The number of amides is 9. The number of primary amides is 3. The zero-order chi connectivity index (χ0) is 55.5. The fourth-order valence-electron chi connectivity index (χ4n) is 8.68. The van der Waals surface area contributed by atoms with Gasteiger partial charge < -0.3 is 75.7 Å². The first-order valence-electron chi connectivity index (χ1n) is 25.1. The first-order chi connectivity index (χ1) is 36.3.